The third-order valence-corrected chi connectivity index (χ3v) is 8.20. The molecule has 2 heteroatoms. The monoisotopic (exact) mass is 340 g/mol. The molecule has 0 heterocycles. The van der Waals surface area contributed by atoms with E-state index in [0.717, 1.165) is 25.2 Å². The summed E-state index contributed by atoms with van der Waals surface area (Å²) < 4.78 is 5.54. The zero-order valence-corrected chi connectivity index (χ0v) is 16.4. The number of hydrogen-bond acceptors (Lipinski definition) is 2. The molecule has 2 nitrogen and oxygen atoms in total. The van der Waals surface area contributed by atoms with Gasteiger partial charge in [-0.1, -0.05) is 48.3 Å². The maximum absolute atomic E-state index is 11.3. The molecule has 0 amide bonds. The molecule has 2 fully saturated rings. The molecule has 0 saturated heterocycles. The Hall–Kier alpha value is -1.31. The molecule has 25 heavy (non-hydrogen) atoms. The summed E-state index contributed by atoms with van der Waals surface area (Å²) in [5.74, 6) is 1.32. The fraction of sp³-hybridized carbons (Fsp3) is 0.696. The van der Waals surface area contributed by atoms with E-state index in [1.807, 2.05) is 0 Å². The fourth-order valence-corrected chi connectivity index (χ4v) is 6.46. The van der Waals surface area contributed by atoms with Crippen molar-refractivity contribution >= 4 is 5.97 Å². The molecule has 0 aliphatic heterocycles. The van der Waals surface area contributed by atoms with Gasteiger partial charge in [-0.3, -0.25) is 4.79 Å². The Morgan fingerprint density at radius 3 is 2.68 bits per heavy atom. The first-order chi connectivity index (χ1) is 11.8. The SMILES string of the molecule is CC(=O)O[C@H]1CC[C@@]2(C)C(=CC[C@H]3C4=CC(C)=C(C)[C@@]4(C)CCC32)C1. The van der Waals surface area contributed by atoms with Crippen LogP contribution >= 0.6 is 0 Å². The van der Waals surface area contributed by atoms with Crippen LogP contribution in [0.2, 0.25) is 0 Å². The number of esters is 1. The van der Waals surface area contributed by atoms with E-state index in [4.69, 9.17) is 4.74 Å². The van der Waals surface area contributed by atoms with E-state index in [1.54, 1.807) is 16.7 Å². The predicted molar refractivity (Wildman–Crippen MR) is 101 cm³/mol. The quantitative estimate of drug-likeness (QED) is 0.449. The van der Waals surface area contributed by atoms with Gasteiger partial charge in [0.2, 0.25) is 0 Å². The maximum Gasteiger partial charge on any atom is 0.302 e. The van der Waals surface area contributed by atoms with Crippen molar-refractivity contribution in [1.82, 2.24) is 0 Å². The molecule has 0 N–H and O–H groups in total. The topological polar surface area (TPSA) is 26.3 Å². The Bertz CT molecular complexity index is 710. The first kappa shape index (κ1) is 17.1. The van der Waals surface area contributed by atoms with Gasteiger partial charge in [0, 0.05) is 18.8 Å². The van der Waals surface area contributed by atoms with Crippen LogP contribution in [0.4, 0.5) is 0 Å². The van der Waals surface area contributed by atoms with Crippen molar-refractivity contribution in [3.63, 3.8) is 0 Å². The van der Waals surface area contributed by atoms with E-state index in [-0.39, 0.29) is 12.1 Å². The highest BCUT2D eigenvalue weighted by Crippen LogP contribution is 2.64. The molecule has 4 aliphatic rings. The molecular weight excluding hydrogens is 308 g/mol. The van der Waals surface area contributed by atoms with Crippen molar-refractivity contribution < 1.29 is 9.53 Å². The van der Waals surface area contributed by atoms with Crippen LogP contribution in [0.1, 0.15) is 73.1 Å². The highest BCUT2D eigenvalue weighted by molar-refractivity contribution is 5.66. The van der Waals surface area contributed by atoms with Gasteiger partial charge in [-0.2, -0.15) is 0 Å². The van der Waals surface area contributed by atoms with Crippen LogP contribution in [0.15, 0.2) is 34.4 Å². The lowest BCUT2D eigenvalue weighted by molar-refractivity contribution is -0.148. The third-order valence-electron chi connectivity index (χ3n) is 8.20. The molecule has 0 radical (unpaired) electrons. The molecular formula is C23H32O2. The zero-order chi connectivity index (χ0) is 18.0. The van der Waals surface area contributed by atoms with Gasteiger partial charge in [0.15, 0.2) is 0 Å². The van der Waals surface area contributed by atoms with Crippen LogP contribution in [-0.2, 0) is 9.53 Å². The summed E-state index contributed by atoms with van der Waals surface area (Å²) in [4.78, 5) is 11.3. The van der Waals surface area contributed by atoms with Crippen molar-refractivity contribution in [2.45, 2.75) is 79.2 Å². The highest BCUT2D eigenvalue weighted by atomic mass is 16.5. The normalized spacial score (nSPS) is 42.8. The van der Waals surface area contributed by atoms with Gasteiger partial charge in [-0.05, 0) is 63.2 Å². The smallest absolute Gasteiger partial charge is 0.302 e. The molecule has 136 valence electrons. The molecule has 2 saturated carbocycles. The van der Waals surface area contributed by atoms with Crippen LogP contribution in [0.25, 0.3) is 0 Å². The van der Waals surface area contributed by atoms with E-state index in [1.165, 1.54) is 31.8 Å². The molecule has 0 bridgehead atoms. The number of ether oxygens (including phenoxy) is 1. The average Bonchev–Trinajstić information content (AvgIpc) is 2.78. The van der Waals surface area contributed by atoms with Gasteiger partial charge in [0.05, 0.1) is 0 Å². The summed E-state index contributed by atoms with van der Waals surface area (Å²) in [6, 6.07) is 0. The van der Waals surface area contributed by atoms with E-state index in [9.17, 15) is 4.79 Å². The van der Waals surface area contributed by atoms with Gasteiger partial charge in [0.1, 0.15) is 6.10 Å². The first-order valence-corrected chi connectivity index (χ1v) is 10.0. The average molecular weight is 341 g/mol. The van der Waals surface area contributed by atoms with Crippen LogP contribution in [0, 0.1) is 22.7 Å². The van der Waals surface area contributed by atoms with E-state index in [2.05, 4.69) is 39.8 Å². The Labute approximate surface area is 152 Å². The molecule has 0 aromatic rings. The number of hydrogen-bond donors (Lipinski definition) is 0. The van der Waals surface area contributed by atoms with Crippen molar-refractivity contribution in [3.05, 3.63) is 34.4 Å². The van der Waals surface area contributed by atoms with Crippen LogP contribution < -0.4 is 0 Å². The van der Waals surface area contributed by atoms with Crippen LogP contribution in [0.5, 0.6) is 0 Å². The van der Waals surface area contributed by atoms with E-state index < -0.39 is 0 Å². The highest BCUT2D eigenvalue weighted by Gasteiger charge is 2.54. The van der Waals surface area contributed by atoms with Gasteiger partial charge < -0.3 is 4.74 Å². The third kappa shape index (κ3) is 2.39. The van der Waals surface area contributed by atoms with Gasteiger partial charge >= 0.3 is 5.97 Å². The van der Waals surface area contributed by atoms with Crippen molar-refractivity contribution in [3.8, 4) is 0 Å². The second-order valence-corrected chi connectivity index (χ2v) is 9.35. The molecule has 5 atom stereocenters. The van der Waals surface area contributed by atoms with E-state index >= 15 is 0 Å². The molecule has 0 aromatic carbocycles. The lowest BCUT2D eigenvalue weighted by Crippen LogP contribution is -2.47. The Morgan fingerprint density at radius 1 is 1.20 bits per heavy atom. The summed E-state index contributed by atoms with van der Waals surface area (Å²) in [6.07, 6.45) is 12.0. The lowest BCUT2D eigenvalue weighted by atomic mass is 9.49. The minimum absolute atomic E-state index is 0.0964. The second-order valence-electron chi connectivity index (χ2n) is 9.35. The lowest BCUT2D eigenvalue weighted by Gasteiger charge is -2.56. The summed E-state index contributed by atoms with van der Waals surface area (Å²) in [7, 11) is 0. The predicted octanol–water partition coefficient (Wildman–Crippen LogP) is 5.75. The largest absolute Gasteiger partial charge is 0.462 e. The molecule has 0 spiro atoms. The van der Waals surface area contributed by atoms with Crippen molar-refractivity contribution in [2.75, 3.05) is 0 Å². The minimum Gasteiger partial charge on any atom is -0.462 e. The summed E-state index contributed by atoms with van der Waals surface area (Å²) in [5.41, 5.74) is 6.97. The zero-order valence-electron chi connectivity index (χ0n) is 16.4. The Kier molecular flexibility index (Phi) is 3.83. The Balaban J connectivity index is 1.63. The molecule has 4 aliphatic carbocycles. The summed E-state index contributed by atoms with van der Waals surface area (Å²) >= 11 is 0. The Morgan fingerprint density at radius 2 is 1.96 bits per heavy atom. The standard InChI is InChI=1S/C23H32O2/c1-14-12-21-19-7-6-17-13-18(25-16(3)24)8-10-23(17,5)20(19)9-11-22(21,4)15(14)2/h6,12,18-20H,7-11,13H2,1-5H3/t18-,19+,20?,22+,23-/m0/s1. The second kappa shape index (κ2) is 5.59. The number of rotatable bonds is 1. The van der Waals surface area contributed by atoms with Gasteiger partial charge in [0.25, 0.3) is 0 Å². The van der Waals surface area contributed by atoms with Crippen molar-refractivity contribution in [1.29, 1.82) is 0 Å². The first-order valence-electron chi connectivity index (χ1n) is 10.0. The minimum atomic E-state index is -0.135. The number of carbonyl (C=O) groups is 1. The molecule has 4 rings (SSSR count). The number of carbonyl (C=O) groups excluding carboxylic acids is 1. The van der Waals surface area contributed by atoms with Crippen molar-refractivity contribution in [2.24, 2.45) is 22.7 Å². The number of allylic oxidation sites excluding steroid dienone is 5. The van der Waals surface area contributed by atoms with Crippen LogP contribution in [-0.4, -0.2) is 12.1 Å². The van der Waals surface area contributed by atoms with E-state index in [0.29, 0.717) is 16.7 Å². The number of fused-ring (bicyclic) bond motifs is 5. The van der Waals surface area contributed by atoms with Gasteiger partial charge in [-0.25, -0.2) is 0 Å². The maximum atomic E-state index is 11.3. The van der Waals surface area contributed by atoms with Gasteiger partial charge in [-0.15, -0.1) is 0 Å². The molecule has 0 aromatic heterocycles. The van der Waals surface area contributed by atoms with Crippen LogP contribution in [0.3, 0.4) is 0 Å². The summed E-state index contributed by atoms with van der Waals surface area (Å²) in [5, 5.41) is 0. The molecule has 1 unspecified atom stereocenters. The fourth-order valence-electron chi connectivity index (χ4n) is 6.46. The summed E-state index contributed by atoms with van der Waals surface area (Å²) in [6.45, 7) is 11.1.